The lowest BCUT2D eigenvalue weighted by Gasteiger charge is -2.38. The third-order valence-electron chi connectivity index (χ3n) is 4.41. The standard InChI is InChI=1S/C16H19N3O4S/c1-2-24(22,23)12-9-19(10-12)15(20)7-8-18-11-17-14-6-4-3-5-13(14)16(18)21/h3-6,11-12H,2,7-10H2,1H3. The van der Waals surface area contributed by atoms with Crippen molar-refractivity contribution in [3.05, 3.63) is 40.9 Å². The van der Waals surface area contributed by atoms with E-state index in [9.17, 15) is 18.0 Å². The second kappa shape index (κ2) is 6.35. The zero-order valence-corrected chi connectivity index (χ0v) is 14.2. The Morgan fingerprint density at radius 2 is 2.00 bits per heavy atom. The molecular weight excluding hydrogens is 330 g/mol. The van der Waals surface area contributed by atoms with Crippen molar-refractivity contribution in [2.45, 2.75) is 25.1 Å². The molecule has 0 atom stereocenters. The van der Waals surface area contributed by atoms with E-state index in [2.05, 4.69) is 4.98 Å². The molecule has 0 N–H and O–H groups in total. The zero-order valence-electron chi connectivity index (χ0n) is 13.4. The molecule has 1 fully saturated rings. The van der Waals surface area contributed by atoms with E-state index in [1.54, 1.807) is 25.1 Å². The van der Waals surface area contributed by atoms with Gasteiger partial charge >= 0.3 is 0 Å². The number of carbonyl (C=O) groups excluding carboxylic acids is 1. The second-order valence-corrected chi connectivity index (χ2v) is 8.45. The van der Waals surface area contributed by atoms with Crippen molar-refractivity contribution in [2.24, 2.45) is 0 Å². The highest BCUT2D eigenvalue weighted by molar-refractivity contribution is 7.92. The minimum Gasteiger partial charge on any atom is -0.340 e. The molecule has 1 amide bonds. The summed E-state index contributed by atoms with van der Waals surface area (Å²) in [5, 5.41) is 0.0713. The first kappa shape index (κ1) is 16.6. The number of aryl methyl sites for hydroxylation is 1. The highest BCUT2D eigenvalue weighted by atomic mass is 32.2. The van der Waals surface area contributed by atoms with Crippen molar-refractivity contribution in [1.82, 2.24) is 14.5 Å². The van der Waals surface area contributed by atoms with E-state index >= 15 is 0 Å². The largest absolute Gasteiger partial charge is 0.340 e. The van der Waals surface area contributed by atoms with Crippen LogP contribution in [0.4, 0.5) is 0 Å². The van der Waals surface area contributed by atoms with Gasteiger partial charge in [-0.15, -0.1) is 0 Å². The van der Waals surface area contributed by atoms with Gasteiger partial charge < -0.3 is 4.90 Å². The number of hydrogen-bond acceptors (Lipinski definition) is 5. The fourth-order valence-electron chi connectivity index (χ4n) is 2.74. The fraction of sp³-hybridized carbons (Fsp3) is 0.438. The summed E-state index contributed by atoms with van der Waals surface area (Å²) in [6, 6.07) is 7.06. The first-order valence-corrected chi connectivity index (χ1v) is 9.57. The molecule has 0 bridgehead atoms. The van der Waals surface area contributed by atoms with Crippen LogP contribution in [0.2, 0.25) is 0 Å². The molecule has 2 heterocycles. The minimum atomic E-state index is -3.09. The van der Waals surface area contributed by atoms with Crippen LogP contribution in [0.25, 0.3) is 10.9 Å². The third kappa shape index (κ3) is 3.06. The SMILES string of the molecule is CCS(=O)(=O)C1CN(C(=O)CCn2cnc3ccccc3c2=O)C1. The number of sulfone groups is 1. The van der Waals surface area contributed by atoms with Gasteiger partial charge in [-0.05, 0) is 12.1 Å². The van der Waals surface area contributed by atoms with Crippen molar-refractivity contribution in [3.8, 4) is 0 Å². The Balaban J connectivity index is 1.62. The van der Waals surface area contributed by atoms with Gasteiger partial charge in [0.25, 0.3) is 5.56 Å². The summed E-state index contributed by atoms with van der Waals surface area (Å²) >= 11 is 0. The summed E-state index contributed by atoms with van der Waals surface area (Å²) in [4.78, 5) is 30.2. The van der Waals surface area contributed by atoms with E-state index in [4.69, 9.17) is 0 Å². The van der Waals surface area contributed by atoms with Crippen molar-refractivity contribution < 1.29 is 13.2 Å². The molecule has 24 heavy (non-hydrogen) atoms. The van der Waals surface area contributed by atoms with E-state index in [-0.39, 0.29) is 43.3 Å². The Kier molecular flexibility index (Phi) is 4.40. The maximum absolute atomic E-state index is 12.3. The van der Waals surface area contributed by atoms with Crippen LogP contribution >= 0.6 is 0 Å². The third-order valence-corrected chi connectivity index (χ3v) is 6.53. The Bertz CT molecular complexity index is 930. The molecule has 1 aliphatic rings. The van der Waals surface area contributed by atoms with Gasteiger partial charge in [-0.1, -0.05) is 19.1 Å². The molecule has 3 rings (SSSR count). The highest BCUT2D eigenvalue weighted by Crippen LogP contribution is 2.18. The van der Waals surface area contributed by atoms with Gasteiger partial charge in [0, 0.05) is 31.8 Å². The molecule has 128 valence electrons. The molecule has 0 spiro atoms. The second-order valence-electron chi connectivity index (χ2n) is 5.88. The molecule has 2 aromatic rings. The molecular formula is C16H19N3O4S. The van der Waals surface area contributed by atoms with E-state index < -0.39 is 15.1 Å². The predicted octanol–water partition coefficient (Wildman–Crippen LogP) is 0.432. The molecule has 0 saturated carbocycles. The number of hydrogen-bond donors (Lipinski definition) is 0. The first-order valence-electron chi connectivity index (χ1n) is 7.86. The van der Waals surface area contributed by atoms with Gasteiger partial charge in [0.1, 0.15) is 0 Å². The minimum absolute atomic E-state index is 0.0951. The summed E-state index contributed by atoms with van der Waals surface area (Å²) in [6.07, 6.45) is 1.59. The van der Waals surface area contributed by atoms with Gasteiger partial charge in [-0.2, -0.15) is 0 Å². The van der Waals surface area contributed by atoms with Crippen molar-refractivity contribution in [1.29, 1.82) is 0 Å². The predicted molar refractivity (Wildman–Crippen MR) is 90.4 cm³/mol. The quantitative estimate of drug-likeness (QED) is 0.781. The number of carbonyl (C=O) groups is 1. The number of rotatable bonds is 5. The molecule has 8 heteroatoms. The van der Waals surface area contributed by atoms with E-state index in [1.807, 2.05) is 6.07 Å². The van der Waals surface area contributed by atoms with Crippen LogP contribution in [0.1, 0.15) is 13.3 Å². The normalized spacial score (nSPS) is 15.5. The van der Waals surface area contributed by atoms with Gasteiger partial charge in [0.15, 0.2) is 9.84 Å². The summed E-state index contributed by atoms with van der Waals surface area (Å²) in [7, 11) is -3.09. The Morgan fingerprint density at radius 1 is 1.29 bits per heavy atom. The number of para-hydroxylation sites is 1. The topological polar surface area (TPSA) is 89.3 Å². The lowest BCUT2D eigenvalue weighted by atomic mass is 10.2. The lowest BCUT2D eigenvalue weighted by Crippen LogP contribution is -2.57. The Morgan fingerprint density at radius 3 is 2.71 bits per heavy atom. The average molecular weight is 349 g/mol. The van der Waals surface area contributed by atoms with Crippen LogP contribution in [0, 0.1) is 0 Å². The number of likely N-dealkylation sites (tertiary alicyclic amines) is 1. The monoisotopic (exact) mass is 349 g/mol. The highest BCUT2D eigenvalue weighted by Gasteiger charge is 2.38. The van der Waals surface area contributed by atoms with Crippen LogP contribution in [0.3, 0.4) is 0 Å². The maximum Gasteiger partial charge on any atom is 0.261 e. The van der Waals surface area contributed by atoms with E-state index in [0.717, 1.165) is 0 Å². The van der Waals surface area contributed by atoms with Crippen molar-refractivity contribution >= 4 is 26.6 Å². The van der Waals surface area contributed by atoms with Crippen LogP contribution in [0.5, 0.6) is 0 Å². The Hall–Kier alpha value is -2.22. The lowest BCUT2D eigenvalue weighted by molar-refractivity contribution is -0.134. The van der Waals surface area contributed by atoms with Gasteiger partial charge in [0.2, 0.25) is 5.91 Å². The number of aromatic nitrogens is 2. The molecule has 1 aromatic carbocycles. The van der Waals surface area contributed by atoms with E-state index in [1.165, 1.54) is 15.8 Å². The van der Waals surface area contributed by atoms with Crippen LogP contribution in [-0.2, 0) is 21.2 Å². The van der Waals surface area contributed by atoms with Crippen molar-refractivity contribution in [3.63, 3.8) is 0 Å². The smallest absolute Gasteiger partial charge is 0.261 e. The molecule has 0 aliphatic carbocycles. The summed E-state index contributed by atoms with van der Waals surface area (Å²) in [5.74, 6) is -0.0460. The van der Waals surface area contributed by atoms with Gasteiger partial charge in [-0.25, -0.2) is 13.4 Å². The number of amides is 1. The first-order chi connectivity index (χ1) is 11.4. The molecule has 1 saturated heterocycles. The van der Waals surface area contributed by atoms with Crippen molar-refractivity contribution in [2.75, 3.05) is 18.8 Å². The van der Waals surface area contributed by atoms with Crippen LogP contribution in [-0.4, -0.2) is 52.9 Å². The maximum atomic E-state index is 12.3. The number of nitrogens with zero attached hydrogens (tertiary/aromatic N) is 3. The van der Waals surface area contributed by atoms with Crippen LogP contribution < -0.4 is 5.56 Å². The molecule has 1 aromatic heterocycles. The Labute approximate surface area is 139 Å². The molecule has 0 unspecified atom stereocenters. The zero-order chi connectivity index (χ0) is 17.3. The summed E-state index contributed by atoms with van der Waals surface area (Å²) in [6.45, 7) is 2.34. The summed E-state index contributed by atoms with van der Waals surface area (Å²) < 4.78 is 24.8. The molecule has 0 radical (unpaired) electrons. The van der Waals surface area contributed by atoms with Gasteiger partial charge in [-0.3, -0.25) is 14.2 Å². The average Bonchev–Trinajstić information content (AvgIpc) is 2.53. The van der Waals surface area contributed by atoms with E-state index in [0.29, 0.717) is 10.9 Å². The van der Waals surface area contributed by atoms with Gasteiger partial charge in [0.05, 0.1) is 22.5 Å². The fourth-order valence-corrected chi connectivity index (χ4v) is 4.03. The number of fused-ring (bicyclic) bond motifs is 1. The summed E-state index contributed by atoms with van der Waals surface area (Å²) in [5.41, 5.74) is 0.448. The van der Waals surface area contributed by atoms with Crippen LogP contribution in [0.15, 0.2) is 35.4 Å². The number of benzene rings is 1. The molecule has 1 aliphatic heterocycles. The molecule has 7 nitrogen and oxygen atoms in total.